The fourth-order valence-corrected chi connectivity index (χ4v) is 2.65. The first-order valence-corrected chi connectivity index (χ1v) is 8.75. The molecule has 1 heterocycles. The minimum absolute atomic E-state index is 0.125. The van der Waals surface area contributed by atoms with Crippen LogP contribution >= 0.6 is 0 Å². The molecule has 0 aromatic heterocycles. The van der Waals surface area contributed by atoms with Crippen LogP contribution in [0.3, 0.4) is 0 Å². The summed E-state index contributed by atoms with van der Waals surface area (Å²) in [4.78, 5) is 4.02. The van der Waals surface area contributed by atoms with Crippen LogP contribution in [-0.2, 0) is 9.47 Å². The summed E-state index contributed by atoms with van der Waals surface area (Å²) in [6.07, 6.45) is 2.70. The maximum Gasteiger partial charge on any atom is 0.193 e. The monoisotopic (exact) mass is 328 g/mol. The summed E-state index contributed by atoms with van der Waals surface area (Å²) in [6, 6.07) is 0. The first-order valence-electron chi connectivity index (χ1n) is 8.75. The van der Waals surface area contributed by atoms with Crippen LogP contribution in [0.1, 0.15) is 47.0 Å². The van der Waals surface area contributed by atoms with Crippen molar-refractivity contribution >= 4 is 5.96 Å². The molecule has 1 unspecified atom stereocenters. The second kappa shape index (κ2) is 8.85. The number of nitrogens with one attached hydrogen (secondary N) is 1. The molecule has 0 aromatic rings. The fourth-order valence-electron chi connectivity index (χ4n) is 2.65. The van der Waals surface area contributed by atoms with Gasteiger partial charge in [0.2, 0.25) is 0 Å². The minimum atomic E-state index is -0.217. The van der Waals surface area contributed by atoms with Crippen molar-refractivity contribution in [2.75, 3.05) is 46.4 Å². The summed E-state index contributed by atoms with van der Waals surface area (Å²) in [6.45, 7) is 13.0. The van der Waals surface area contributed by atoms with Crippen LogP contribution < -0.4 is 5.73 Å². The molecule has 0 saturated carbocycles. The Kier molecular flexibility index (Phi) is 7.77. The van der Waals surface area contributed by atoms with Crippen molar-refractivity contribution in [1.82, 2.24) is 9.80 Å². The van der Waals surface area contributed by atoms with Crippen molar-refractivity contribution in [3.05, 3.63) is 0 Å². The van der Waals surface area contributed by atoms with Gasteiger partial charge in [-0.25, -0.2) is 0 Å². The molecular weight excluding hydrogens is 292 g/mol. The molecule has 1 atom stereocenters. The van der Waals surface area contributed by atoms with Crippen molar-refractivity contribution in [3.63, 3.8) is 0 Å². The zero-order chi connectivity index (χ0) is 17.5. The number of nitrogens with two attached hydrogens (primary N) is 1. The third kappa shape index (κ3) is 6.65. The summed E-state index contributed by atoms with van der Waals surface area (Å²) < 4.78 is 12.1. The van der Waals surface area contributed by atoms with Gasteiger partial charge in [0.1, 0.15) is 0 Å². The molecule has 23 heavy (non-hydrogen) atoms. The normalized spacial score (nSPS) is 18.6. The Balaban J connectivity index is 2.26. The van der Waals surface area contributed by atoms with E-state index in [2.05, 4.69) is 32.6 Å². The largest absolute Gasteiger partial charge is 0.375 e. The summed E-state index contributed by atoms with van der Waals surface area (Å²) in [7, 11) is 1.95. The highest BCUT2D eigenvalue weighted by Crippen LogP contribution is 2.22. The van der Waals surface area contributed by atoms with Crippen LogP contribution in [-0.4, -0.2) is 73.4 Å². The summed E-state index contributed by atoms with van der Waals surface area (Å²) in [5.74, 6) is 0.593. The standard InChI is InChI=1S/C17H36N4O2/c1-6-17(4,7-9-18)23-13-8-16(2,3)22-14-12-21-11-10-20(5)15(21)19/h19H,6-14,18H2,1-5H3. The third-order valence-corrected chi connectivity index (χ3v) is 4.80. The third-order valence-electron chi connectivity index (χ3n) is 4.80. The van der Waals surface area contributed by atoms with E-state index in [0.29, 0.717) is 25.7 Å². The zero-order valence-electron chi connectivity index (χ0n) is 15.7. The van der Waals surface area contributed by atoms with Crippen molar-refractivity contribution in [2.45, 2.75) is 58.2 Å². The van der Waals surface area contributed by atoms with E-state index in [9.17, 15) is 0 Å². The Bertz CT molecular complexity index is 376. The van der Waals surface area contributed by atoms with Crippen molar-refractivity contribution in [1.29, 1.82) is 5.41 Å². The van der Waals surface area contributed by atoms with Crippen LogP contribution in [0.15, 0.2) is 0 Å². The van der Waals surface area contributed by atoms with Gasteiger partial charge in [0.25, 0.3) is 0 Å². The van der Waals surface area contributed by atoms with E-state index < -0.39 is 0 Å². The average Bonchev–Trinajstić information content (AvgIpc) is 2.79. The average molecular weight is 329 g/mol. The lowest BCUT2D eigenvalue weighted by Gasteiger charge is -2.32. The highest BCUT2D eigenvalue weighted by molar-refractivity contribution is 5.78. The van der Waals surface area contributed by atoms with Crippen LogP contribution in [0.25, 0.3) is 0 Å². The first-order chi connectivity index (χ1) is 10.7. The first kappa shape index (κ1) is 20.2. The number of ether oxygens (including phenoxy) is 2. The van der Waals surface area contributed by atoms with E-state index in [0.717, 1.165) is 38.9 Å². The van der Waals surface area contributed by atoms with Gasteiger partial charge in [-0.2, -0.15) is 0 Å². The molecule has 1 fully saturated rings. The number of guanidine groups is 1. The van der Waals surface area contributed by atoms with Gasteiger partial charge in [0.05, 0.1) is 24.4 Å². The lowest BCUT2D eigenvalue weighted by atomic mass is 9.98. The molecule has 6 heteroatoms. The van der Waals surface area contributed by atoms with E-state index in [1.807, 2.05) is 11.9 Å². The van der Waals surface area contributed by atoms with E-state index >= 15 is 0 Å². The number of nitrogens with zero attached hydrogens (tertiary/aromatic N) is 2. The Morgan fingerprint density at radius 1 is 1.13 bits per heavy atom. The van der Waals surface area contributed by atoms with Crippen molar-refractivity contribution in [3.8, 4) is 0 Å². The second-order valence-corrected chi connectivity index (χ2v) is 7.28. The minimum Gasteiger partial charge on any atom is -0.375 e. The molecule has 1 aliphatic heterocycles. The van der Waals surface area contributed by atoms with Gasteiger partial charge in [-0.05, 0) is 46.6 Å². The maximum absolute atomic E-state index is 7.95. The smallest absolute Gasteiger partial charge is 0.193 e. The Labute approximate surface area is 141 Å². The van der Waals surface area contributed by atoms with Gasteiger partial charge < -0.3 is 25.0 Å². The van der Waals surface area contributed by atoms with Crippen molar-refractivity contribution < 1.29 is 9.47 Å². The van der Waals surface area contributed by atoms with E-state index in [-0.39, 0.29) is 11.2 Å². The highest BCUT2D eigenvalue weighted by atomic mass is 16.5. The van der Waals surface area contributed by atoms with Crippen LogP contribution in [0.4, 0.5) is 0 Å². The molecule has 1 saturated heterocycles. The molecule has 1 rings (SSSR count). The molecule has 0 spiro atoms. The number of hydrogen-bond acceptors (Lipinski definition) is 4. The predicted octanol–water partition coefficient (Wildman–Crippen LogP) is 1.89. The Morgan fingerprint density at radius 2 is 1.83 bits per heavy atom. The molecule has 6 nitrogen and oxygen atoms in total. The SMILES string of the molecule is CCC(C)(CCN)OCCC(C)(C)OCCN1CCN(C)C1=N. The topological polar surface area (TPSA) is 74.8 Å². The number of hydrogen-bond donors (Lipinski definition) is 2. The fraction of sp³-hybridized carbons (Fsp3) is 0.941. The highest BCUT2D eigenvalue weighted by Gasteiger charge is 2.26. The van der Waals surface area contributed by atoms with Crippen LogP contribution in [0.5, 0.6) is 0 Å². The molecule has 0 aliphatic carbocycles. The molecular formula is C17H36N4O2. The zero-order valence-corrected chi connectivity index (χ0v) is 15.7. The van der Waals surface area contributed by atoms with Crippen LogP contribution in [0.2, 0.25) is 0 Å². The van der Waals surface area contributed by atoms with Gasteiger partial charge in [0, 0.05) is 26.7 Å². The molecule has 1 aliphatic rings. The molecule has 136 valence electrons. The van der Waals surface area contributed by atoms with E-state index in [4.69, 9.17) is 20.6 Å². The molecule has 0 aromatic carbocycles. The van der Waals surface area contributed by atoms with Crippen molar-refractivity contribution in [2.24, 2.45) is 5.73 Å². The maximum atomic E-state index is 7.95. The quantitative estimate of drug-likeness (QED) is 0.606. The number of likely N-dealkylation sites (N-methyl/N-ethyl adjacent to an activating group) is 1. The van der Waals surface area contributed by atoms with Gasteiger partial charge in [-0.15, -0.1) is 0 Å². The summed E-state index contributed by atoms with van der Waals surface area (Å²) in [5, 5.41) is 7.95. The molecule has 0 radical (unpaired) electrons. The molecule has 3 N–H and O–H groups in total. The predicted molar refractivity (Wildman–Crippen MR) is 94.9 cm³/mol. The van der Waals surface area contributed by atoms with Gasteiger partial charge >= 0.3 is 0 Å². The van der Waals surface area contributed by atoms with E-state index in [1.54, 1.807) is 0 Å². The van der Waals surface area contributed by atoms with Gasteiger partial charge in [-0.1, -0.05) is 6.92 Å². The van der Waals surface area contributed by atoms with E-state index in [1.165, 1.54) is 0 Å². The Morgan fingerprint density at radius 3 is 2.35 bits per heavy atom. The Hall–Kier alpha value is -0.850. The summed E-state index contributed by atoms with van der Waals surface area (Å²) >= 11 is 0. The van der Waals surface area contributed by atoms with Gasteiger partial charge in [0.15, 0.2) is 5.96 Å². The lowest BCUT2D eigenvalue weighted by Crippen LogP contribution is -2.37. The molecule has 0 bridgehead atoms. The van der Waals surface area contributed by atoms with Gasteiger partial charge in [-0.3, -0.25) is 5.41 Å². The molecule has 0 amide bonds. The van der Waals surface area contributed by atoms with Crippen LogP contribution in [0, 0.1) is 5.41 Å². The number of rotatable bonds is 11. The lowest BCUT2D eigenvalue weighted by molar-refractivity contribution is -0.0822. The second-order valence-electron chi connectivity index (χ2n) is 7.28. The summed E-state index contributed by atoms with van der Waals surface area (Å²) in [5.41, 5.74) is 5.32.